The van der Waals surface area contributed by atoms with Crippen molar-refractivity contribution in [2.45, 2.75) is 47.3 Å². The average Bonchev–Trinajstić information content (AvgIpc) is 4.01. The van der Waals surface area contributed by atoms with Gasteiger partial charge in [0, 0.05) is 45.7 Å². The molecule has 0 unspecified atom stereocenters. The van der Waals surface area contributed by atoms with Gasteiger partial charge in [0.15, 0.2) is 0 Å². The average molecular weight is 945 g/mol. The minimum atomic E-state index is -4.28. The molecule has 2 N–H and O–H groups in total. The molecule has 0 atom stereocenters. The second-order valence-corrected chi connectivity index (χ2v) is 22.6. The van der Waals surface area contributed by atoms with E-state index in [-0.39, 0.29) is 52.8 Å². The van der Waals surface area contributed by atoms with Crippen LogP contribution in [0.5, 0.6) is 0 Å². The van der Waals surface area contributed by atoms with E-state index < -0.39 is 40.1 Å². The van der Waals surface area contributed by atoms with E-state index in [0.29, 0.717) is 33.8 Å². The quantitative estimate of drug-likeness (QED) is 0.120. The minimum absolute atomic E-state index is 0.0246. The molecule has 330 valence electrons. The minimum Gasteiger partial charge on any atom is -0.456 e. The summed E-state index contributed by atoms with van der Waals surface area (Å²) in [6.45, 7) is 7.29. The number of rotatable bonds is 12. The molecule has 65 heavy (non-hydrogen) atoms. The molecule has 0 amide bonds. The second-order valence-electron chi connectivity index (χ2n) is 15.7. The molecule has 0 saturated carbocycles. The lowest BCUT2D eigenvalue weighted by atomic mass is 10.1. The number of sulfonamides is 2. The smallest absolute Gasteiger partial charge is 0.268 e. The van der Waals surface area contributed by atoms with E-state index in [1.807, 2.05) is 13.8 Å². The van der Waals surface area contributed by atoms with Gasteiger partial charge in [-0.25, -0.2) is 41.6 Å². The Bertz CT molecular complexity index is 3570. The van der Waals surface area contributed by atoms with Crippen molar-refractivity contribution in [3.8, 4) is 22.6 Å². The van der Waals surface area contributed by atoms with Crippen LogP contribution in [0.1, 0.15) is 22.3 Å². The molecule has 0 aliphatic carbocycles. The topological polar surface area (TPSA) is 184 Å². The van der Waals surface area contributed by atoms with Crippen LogP contribution in [0.3, 0.4) is 0 Å². The summed E-state index contributed by atoms with van der Waals surface area (Å²) in [5, 5.41) is 0.479. The second kappa shape index (κ2) is 16.0. The van der Waals surface area contributed by atoms with E-state index in [9.17, 15) is 33.7 Å². The Kier molecular flexibility index (Phi) is 10.6. The van der Waals surface area contributed by atoms with E-state index in [1.54, 1.807) is 135 Å². The Morgan fingerprint density at radius 1 is 0.431 bits per heavy atom. The fourth-order valence-corrected chi connectivity index (χ4v) is 13.1. The number of nitrogens with one attached hydrogen (secondary N) is 2. The van der Waals surface area contributed by atoms with E-state index in [2.05, 4.69) is 9.44 Å². The predicted octanol–water partition coefficient (Wildman–Crippen LogP) is 9.83. The molecule has 0 spiro atoms. The van der Waals surface area contributed by atoms with Gasteiger partial charge in [-0.05, 0) is 124 Å². The monoisotopic (exact) mass is 944 g/mol. The molecule has 17 heteroatoms. The molecule has 0 saturated heterocycles. The van der Waals surface area contributed by atoms with Gasteiger partial charge >= 0.3 is 0 Å². The molecule has 0 radical (unpaired) electrons. The van der Waals surface area contributed by atoms with Crippen LogP contribution in [-0.4, -0.2) is 41.6 Å². The molecule has 3 aromatic heterocycles. The summed E-state index contributed by atoms with van der Waals surface area (Å²) in [6.07, 6.45) is 2.25. The number of hydrogen-bond donors (Lipinski definition) is 2. The van der Waals surface area contributed by atoms with Crippen molar-refractivity contribution in [1.29, 1.82) is 0 Å². The Hall–Kier alpha value is -6.92. The van der Waals surface area contributed by atoms with Crippen LogP contribution < -0.4 is 9.44 Å². The number of nitrogens with zero attached hydrogens (tertiary/aromatic N) is 2. The summed E-state index contributed by atoms with van der Waals surface area (Å²) in [4.78, 5) is -0.354. The van der Waals surface area contributed by atoms with Crippen molar-refractivity contribution in [2.24, 2.45) is 0 Å². The summed E-state index contributed by atoms with van der Waals surface area (Å²) in [5.74, 6) is 0.995. The number of hydrogen-bond acceptors (Lipinski definition) is 9. The molecule has 6 aromatic carbocycles. The first-order chi connectivity index (χ1) is 30.8. The number of aryl methyl sites for hydroxylation is 4. The fraction of sp³-hybridized carbons (Fsp3) is 0.0833. The SMILES string of the molecule is Cc1ccc(S(=O)(=O)n2cc(S(=O)(=O)Nc3ccc(-c4ccc(-c5ccc(NS(=O)(=O)c6cn(S(=O)(=O)c7ccc(C)cc7)c7ccccc67)cc5C)o4)c(C)c3)c3ccccc32)cc1. The maximum absolute atomic E-state index is 13.9. The van der Waals surface area contributed by atoms with Crippen LogP contribution in [0.25, 0.3) is 44.5 Å². The lowest BCUT2D eigenvalue weighted by molar-refractivity contribution is 0.586. The van der Waals surface area contributed by atoms with Gasteiger partial charge in [-0.2, -0.15) is 0 Å². The summed E-state index contributed by atoms with van der Waals surface area (Å²) in [7, 11) is -16.8. The van der Waals surface area contributed by atoms with E-state index in [0.717, 1.165) is 31.5 Å². The molecule has 0 fully saturated rings. The van der Waals surface area contributed by atoms with Crippen LogP contribution in [-0.2, 0) is 40.1 Å². The summed E-state index contributed by atoms with van der Waals surface area (Å²) in [5.41, 5.74) is 5.44. The van der Waals surface area contributed by atoms with Gasteiger partial charge in [-0.15, -0.1) is 0 Å². The normalized spacial score (nSPS) is 12.5. The van der Waals surface area contributed by atoms with Crippen LogP contribution in [0.4, 0.5) is 11.4 Å². The number of benzene rings is 6. The molecule has 0 aliphatic rings. The Morgan fingerprint density at radius 2 is 0.800 bits per heavy atom. The largest absolute Gasteiger partial charge is 0.456 e. The first-order valence-electron chi connectivity index (χ1n) is 20.1. The highest BCUT2D eigenvalue weighted by molar-refractivity contribution is 7.93. The zero-order valence-corrected chi connectivity index (χ0v) is 38.5. The van der Waals surface area contributed by atoms with E-state index >= 15 is 0 Å². The molecule has 13 nitrogen and oxygen atoms in total. The van der Waals surface area contributed by atoms with Crippen LogP contribution >= 0.6 is 0 Å². The van der Waals surface area contributed by atoms with Crippen LogP contribution in [0.2, 0.25) is 0 Å². The van der Waals surface area contributed by atoms with Crippen molar-refractivity contribution in [3.63, 3.8) is 0 Å². The van der Waals surface area contributed by atoms with Gasteiger partial charge in [-0.3, -0.25) is 9.44 Å². The third-order valence-corrected chi connectivity index (χ3v) is 17.3. The molecule has 0 bridgehead atoms. The van der Waals surface area contributed by atoms with E-state index in [1.165, 1.54) is 24.3 Å². The fourth-order valence-electron chi connectivity index (χ4n) is 7.77. The lowest BCUT2D eigenvalue weighted by Crippen LogP contribution is -2.14. The van der Waals surface area contributed by atoms with Gasteiger partial charge in [-0.1, -0.05) is 71.8 Å². The number of anilines is 2. The van der Waals surface area contributed by atoms with Gasteiger partial charge in [0.1, 0.15) is 21.3 Å². The standard InChI is InChI=1S/C48H40N4O9S4/c1-31-13-19-37(20-14-31)64(57,58)51-29-47(41-9-5-7-11-43(41)51)62(53,54)49-35-17-23-39(33(3)27-35)45-25-26-46(61-45)40-24-18-36(28-34(40)4)50-63(55,56)48-30-52(44-12-8-6-10-42(44)48)65(59,60)38-21-15-32(2)16-22-38/h5-30,49-50H,1-4H3. The van der Waals surface area contributed by atoms with Crippen molar-refractivity contribution < 1.29 is 38.1 Å². The number of aromatic nitrogens is 2. The van der Waals surface area contributed by atoms with Crippen LogP contribution in [0.15, 0.2) is 182 Å². The maximum Gasteiger partial charge on any atom is 0.268 e. The Labute approximate surface area is 376 Å². The van der Waals surface area contributed by atoms with Gasteiger partial charge in [0.05, 0.1) is 20.8 Å². The van der Waals surface area contributed by atoms with Gasteiger partial charge < -0.3 is 4.42 Å². The number of fused-ring (bicyclic) bond motifs is 2. The number of furan rings is 1. The summed E-state index contributed by atoms with van der Waals surface area (Å²) < 4.78 is 124. The van der Waals surface area contributed by atoms with Crippen molar-refractivity contribution in [3.05, 3.63) is 180 Å². The Morgan fingerprint density at radius 3 is 1.17 bits per heavy atom. The molecule has 9 rings (SSSR count). The molecular weight excluding hydrogens is 905 g/mol. The third-order valence-electron chi connectivity index (χ3n) is 11.1. The van der Waals surface area contributed by atoms with Crippen molar-refractivity contribution >= 4 is 73.3 Å². The number of para-hydroxylation sites is 2. The predicted molar refractivity (Wildman–Crippen MR) is 252 cm³/mol. The van der Waals surface area contributed by atoms with Crippen molar-refractivity contribution in [1.82, 2.24) is 7.94 Å². The highest BCUT2D eigenvalue weighted by atomic mass is 32.2. The van der Waals surface area contributed by atoms with Gasteiger partial charge in [0.25, 0.3) is 40.1 Å². The van der Waals surface area contributed by atoms with E-state index in [4.69, 9.17) is 4.42 Å². The summed E-state index contributed by atoms with van der Waals surface area (Å²) >= 11 is 0. The molecule has 3 heterocycles. The maximum atomic E-state index is 13.9. The first-order valence-corrected chi connectivity index (χ1v) is 25.9. The lowest BCUT2D eigenvalue weighted by Gasteiger charge is -2.11. The van der Waals surface area contributed by atoms with Crippen LogP contribution in [0, 0.1) is 27.7 Å². The zero-order valence-electron chi connectivity index (χ0n) is 35.2. The molecule has 0 aliphatic heterocycles. The summed E-state index contributed by atoms with van der Waals surface area (Å²) in [6, 6.07) is 38.9. The highest BCUT2D eigenvalue weighted by Gasteiger charge is 2.29. The third kappa shape index (κ3) is 7.90. The van der Waals surface area contributed by atoms with Crippen molar-refractivity contribution in [2.75, 3.05) is 9.44 Å². The molecular formula is C48H40N4O9S4. The highest BCUT2D eigenvalue weighted by Crippen LogP contribution is 2.36. The van der Waals surface area contributed by atoms with Gasteiger partial charge in [0.2, 0.25) is 0 Å². The first kappa shape index (κ1) is 43.3. The Balaban J connectivity index is 0.943. The molecule has 9 aromatic rings. The zero-order chi connectivity index (χ0) is 46.1.